The Bertz CT molecular complexity index is 758. The lowest BCUT2D eigenvalue weighted by Crippen LogP contribution is -2.11. The number of aromatic nitrogens is 2. The fourth-order valence-corrected chi connectivity index (χ4v) is 2.47. The van der Waals surface area contributed by atoms with Gasteiger partial charge in [0, 0.05) is 12.4 Å². The van der Waals surface area contributed by atoms with E-state index in [9.17, 15) is 0 Å². The molecule has 0 aliphatic carbocycles. The van der Waals surface area contributed by atoms with Gasteiger partial charge in [-0.1, -0.05) is 84.0 Å². The van der Waals surface area contributed by atoms with Gasteiger partial charge in [0.2, 0.25) is 0 Å². The molecule has 0 N–H and O–H groups in total. The summed E-state index contributed by atoms with van der Waals surface area (Å²) in [5.74, 6) is 0. The third-order valence-corrected chi connectivity index (χ3v) is 4.12. The molecule has 3 rings (SSSR count). The highest BCUT2D eigenvalue weighted by Gasteiger charge is 2.14. The Morgan fingerprint density at radius 3 is 1.76 bits per heavy atom. The van der Waals surface area contributed by atoms with Crippen molar-refractivity contribution in [1.29, 1.82) is 0 Å². The molecule has 132 valence electrons. The van der Waals surface area contributed by atoms with Gasteiger partial charge in [-0.2, -0.15) is 5.10 Å². The summed E-state index contributed by atoms with van der Waals surface area (Å²) in [5, 5.41) is 4.23. The molecule has 0 atom stereocenters. The highest BCUT2D eigenvalue weighted by Crippen LogP contribution is 2.23. The van der Waals surface area contributed by atoms with Crippen LogP contribution in [0.4, 0.5) is 0 Å². The molecule has 1 heterocycles. The second-order valence-electron chi connectivity index (χ2n) is 8.37. The van der Waals surface area contributed by atoms with Gasteiger partial charge in [-0.25, -0.2) is 4.68 Å². The standard InChI is InChI=1S/C13H16N2.C10H14/c1-13(2,3)11-6-4-7-12(10-11)15-9-5-8-14-15;1-10(2,3)9-7-5-4-6-8-9/h4-10H,1-3H3;4-8H,1-3H3. The highest BCUT2D eigenvalue weighted by molar-refractivity contribution is 5.37. The van der Waals surface area contributed by atoms with Crippen LogP contribution in [0.2, 0.25) is 0 Å². The van der Waals surface area contributed by atoms with Crippen molar-refractivity contribution in [3.05, 3.63) is 84.2 Å². The molecule has 0 fully saturated rings. The second-order valence-corrected chi connectivity index (χ2v) is 8.37. The Morgan fingerprint density at radius 2 is 1.28 bits per heavy atom. The number of benzene rings is 2. The van der Waals surface area contributed by atoms with Crippen LogP contribution >= 0.6 is 0 Å². The first-order chi connectivity index (χ1) is 11.7. The Hall–Kier alpha value is -2.35. The van der Waals surface area contributed by atoms with Crippen molar-refractivity contribution in [1.82, 2.24) is 9.78 Å². The molecule has 2 nitrogen and oxygen atoms in total. The normalized spacial score (nSPS) is 11.6. The van der Waals surface area contributed by atoms with Gasteiger partial charge >= 0.3 is 0 Å². The number of hydrogen-bond acceptors (Lipinski definition) is 1. The van der Waals surface area contributed by atoms with Crippen molar-refractivity contribution >= 4 is 0 Å². The molecule has 0 amide bonds. The molecule has 0 radical (unpaired) electrons. The molecule has 0 aliphatic rings. The molecule has 2 aromatic carbocycles. The van der Waals surface area contributed by atoms with Crippen LogP contribution in [0.1, 0.15) is 52.7 Å². The maximum atomic E-state index is 4.23. The van der Waals surface area contributed by atoms with E-state index in [0.29, 0.717) is 5.41 Å². The van der Waals surface area contributed by atoms with Crippen molar-refractivity contribution in [2.45, 2.75) is 52.4 Å². The minimum atomic E-state index is 0.184. The molecule has 0 saturated heterocycles. The first-order valence-corrected chi connectivity index (χ1v) is 8.84. The molecular weight excluding hydrogens is 304 g/mol. The predicted octanol–water partition coefficient (Wildman–Crippen LogP) is 6.15. The van der Waals surface area contributed by atoms with Crippen molar-refractivity contribution < 1.29 is 0 Å². The highest BCUT2D eigenvalue weighted by atomic mass is 15.3. The maximum Gasteiger partial charge on any atom is 0.0648 e. The summed E-state index contributed by atoms with van der Waals surface area (Å²) >= 11 is 0. The average molecular weight is 335 g/mol. The van der Waals surface area contributed by atoms with E-state index in [1.54, 1.807) is 6.20 Å². The summed E-state index contributed by atoms with van der Waals surface area (Å²) in [7, 11) is 0. The SMILES string of the molecule is CC(C)(C)c1cccc(-n2cccn2)c1.CC(C)(C)c1ccccc1. The number of nitrogens with zero attached hydrogens (tertiary/aromatic N) is 2. The summed E-state index contributed by atoms with van der Waals surface area (Å²) in [4.78, 5) is 0. The quantitative estimate of drug-likeness (QED) is 0.521. The van der Waals surface area contributed by atoms with Crippen LogP contribution in [0, 0.1) is 0 Å². The van der Waals surface area contributed by atoms with E-state index in [-0.39, 0.29) is 5.41 Å². The zero-order chi connectivity index (χ0) is 18.5. The summed E-state index contributed by atoms with van der Waals surface area (Å²) in [5.41, 5.74) is 4.32. The van der Waals surface area contributed by atoms with E-state index >= 15 is 0 Å². The lowest BCUT2D eigenvalue weighted by Gasteiger charge is -2.19. The second kappa shape index (κ2) is 7.69. The maximum absolute atomic E-state index is 4.23. The van der Waals surface area contributed by atoms with E-state index < -0.39 is 0 Å². The van der Waals surface area contributed by atoms with E-state index in [4.69, 9.17) is 0 Å². The molecule has 3 aromatic rings. The number of rotatable bonds is 1. The predicted molar refractivity (Wildman–Crippen MR) is 107 cm³/mol. The largest absolute Gasteiger partial charge is 0.241 e. The third kappa shape index (κ3) is 5.60. The Morgan fingerprint density at radius 1 is 0.680 bits per heavy atom. The van der Waals surface area contributed by atoms with Gasteiger partial charge in [-0.3, -0.25) is 0 Å². The van der Waals surface area contributed by atoms with E-state index in [1.807, 2.05) is 16.9 Å². The zero-order valence-electron chi connectivity index (χ0n) is 16.3. The van der Waals surface area contributed by atoms with Crippen LogP contribution in [0.5, 0.6) is 0 Å². The lowest BCUT2D eigenvalue weighted by atomic mass is 9.87. The van der Waals surface area contributed by atoms with Crippen LogP contribution < -0.4 is 0 Å². The molecule has 1 aromatic heterocycles. The smallest absolute Gasteiger partial charge is 0.0648 e. The Labute approximate surface area is 152 Å². The van der Waals surface area contributed by atoms with E-state index in [1.165, 1.54) is 11.1 Å². The minimum absolute atomic E-state index is 0.184. The van der Waals surface area contributed by atoms with Crippen LogP contribution in [0.15, 0.2) is 73.1 Å². The van der Waals surface area contributed by atoms with Gasteiger partial charge in [0.1, 0.15) is 0 Å². The molecule has 0 spiro atoms. The van der Waals surface area contributed by atoms with Gasteiger partial charge in [0.05, 0.1) is 5.69 Å². The topological polar surface area (TPSA) is 17.8 Å². The van der Waals surface area contributed by atoms with Crippen molar-refractivity contribution in [2.24, 2.45) is 0 Å². The molecule has 2 heteroatoms. The lowest BCUT2D eigenvalue weighted by molar-refractivity contribution is 0.589. The van der Waals surface area contributed by atoms with Gasteiger partial charge in [-0.05, 0) is 40.2 Å². The fraction of sp³-hybridized carbons (Fsp3) is 0.348. The van der Waals surface area contributed by atoms with Gasteiger partial charge in [0.15, 0.2) is 0 Å². The van der Waals surface area contributed by atoms with Crippen molar-refractivity contribution in [2.75, 3.05) is 0 Å². The average Bonchev–Trinajstić information content (AvgIpc) is 3.09. The Kier molecular flexibility index (Phi) is 5.84. The molecule has 0 saturated carbocycles. The third-order valence-electron chi connectivity index (χ3n) is 4.12. The molecular formula is C23H30N2. The Balaban J connectivity index is 0.000000196. The van der Waals surface area contributed by atoms with E-state index in [2.05, 4.69) is 101 Å². The van der Waals surface area contributed by atoms with E-state index in [0.717, 1.165) is 5.69 Å². The van der Waals surface area contributed by atoms with Gasteiger partial charge in [-0.15, -0.1) is 0 Å². The van der Waals surface area contributed by atoms with Crippen LogP contribution in [-0.2, 0) is 10.8 Å². The zero-order valence-corrected chi connectivity index (χ0v) is 16.3. The summed E-state index contributed by atoms with van der Waals surface area (Å²) < 4.78 is 1.88. The summed E-state index contributed by atoms with van der Waals surface area (Å²) in [6, 6.07) is 21.0. The van der Waals surface area contributed by atoms with Crippen LogP contribution in [-0.4, -0.2) is 9.78 Å². The summed E-state index contributed by atoms with van der Waals surface area (Å²) in [6.45, 7) is 13.3. The van der Waals surface area contributed by atoms with Gasteiger partial charge < -0.3 is 0 Å². The van der Waals surface area contributed by atoms with Crippen LogP contribution in [0.25, 0.3) is 5.69 Å². The number of hydrogen-bond donors (Lipinski definition) is 0. The molecule has 0 unspecified atom stereocenters. The van der Waals surface area contributed by atoms with Crippen LogP contribution in [0.3, 0.4) is 0 Å². The fourth-order valence-electron chi connectivity index (χ4n) is 2.47. The molecule has 0 bridgehead atoms. The monoisotopic (exact) mass is 334 g/mol. The minimum Gasteiger partial charge on any atom is -0.241 e. The molecule has 0 aliphatic heterocycles. The van der Waals surface area contributed by atoms with Gasteiger partial charge in [0.25, 0.3) is 0 Å². The van der Waals surface area contributed by atoms with Crippen molar-refractivity contribution in [3.8, 4) is 5.69 Å². The van der Waals surface area contributed by atoms with Crippen molar-refractivity contribution in [3.63, 3.8) is 0 Å². The first-order valence-electron chi connectivity index (χ1n) is 8.84. The summed E-state index contributed by atoms with van der Waals surface area (Å²) in [6.07, 6.45) is 3.76. The first kappa shape index (κ1) is 19.0. The molecule has 25 heavy (non-hydrogen) atoms.